The summed E-state index contributed by atoms with van der Waals surface area (Å²) in [5.74, 6) is 0.239. The maximum Gasteiger partial charge on any atom is 0.223 e. The van der Waals surface area contributed by atoms with Crippen LogP contribution in [0.1, 0.15) is 44.6 Å². The van der Waals surface area contributed by atoms with E-state index in [9.17, 15) is 9.90 Å². The van der Waals surface area contributed by atoms with Gasteiger partial charge in [0.15, 0.2) is 0 Å². The Labute approximate surface area is 125 Å². The van der Waals surface area contributed by atoms with Crippen LogP contribution in [0.15, 0.2) is 24.3 Å². The third kappa shape index (κ3) is 3.33. The molecule has 3 nitrogen and oxygen atoms in total. The molecule has 0 aromatic heterocycles. The first-order valence-corrected chi connectivity index (χ1v) is 7.63. The van der Waals surface area contributed by atoms with Gasteiger partial charge in [0.1, 0.15) is 0 Å². The van der Waals surface area contributed by atoms with Crippen LogP contribution in [0, 0.1) is 5.92 Å². The van der Waals surface area contributed by atoms with Gasteiger partial charge in [0.2, 0.25) is 5.91 Å². The molecule has 2 atom stereocenters. The minimum absolute atomic E-state index is 0.00661. The van der Waals surface area contributed by atoms with Gasteiger partial charge in [0.25, 0.3) is 0 Å². The quantitative estimate of drug-likeness (QED) is 0.847. The molecule has 1 fully saturated rings. The van der Waals surface area contributed by atoms with Crippen LogP contribution in [-0.4, -0.2) is 23.2 Å². The average molecular weight is 296 g/mol. The molecule has 2 N–H and O–H groups in total. The summed E-state index contributed by atoms with van der Waals surface area (Å²) in [6, 6.07) is 7.68. The van der Waals surface area contributed by atoms with Gasteiger partial charge in [-0.3, -0.25) is 4.79 Å². The molecule has 110 valence electrons. The number of hydrogen-bond acceptors (Lipinski definition) is 2. The zero-order chi connectivity index (χ0) is 14.8. The summed E-state index contributed by atoms with van der Waals surface area (Å²) in [4.78, 5) is 12.1. The summed E-state index contributed by atoms with van der Waals surface area (Å²) in [6.45, 7) is 4.18. The molecule has 0 saturated heterocycles. The molecule has 1 aromatic carbocycles. The van der Waals surface area contributed by atoms with Crippen LogP contribution in [0.2, 0.25) is 5.02 Å². The zero-order valence-electron chi connectivity index (χ0n) is 12.0. The second-order valence-electron chi connectivity index (χ2n) is 5.62. The van der Waals surface area contributed by atoms with E-state index < -0.39 is 5.60 Å². The van der Waals surface area contributed by atoms with Crippen molar-refractivity contribution in [3.8, 4) is 0 Å². The number of carbonyl (C=O) groups excluding carboxylic acids is 1. The fourth-order valence-electron chi connectivity index (χ4n) is 2.49. The summed E-state index contributed by atoms with van der Waals surface area (Å²) in [5, 5.41) is 13.8. The smallest absolute Gasteiger partial charge is 0.223 e. The molecular formula is C16H22ClNO2. The number of nitrogens with one attached hydrogen (secondary N) is 1. The van der Waals surface area contributed by atoms with E-state index in [1.165, 1.54) is 0 Å². The molecule has 1 aliphatic rings. The van der Waals surface area contributed by atoms with E-state index in [4.69, 9.17) is 11.6 Å². The van der Waals surface area contributed by atoms with Gasteiger partial charge in [0, 0.05) is 17.5 Å². The van der Waals surface area contributed by atoms with E-state index >= 15 is 0 Å². The molecule has 20 heavy (non-hydrogen) atoms. The summed E-state index contributed by atoms with van der Waals surface area (Å²) < 4.78 is 0. The maximum atomic E-state index is 12.1. The van der Waals surface area contributed by atoms with Crippen LogP contribution in [0.25, 0.3) is 0 Å². The van der Waals surface area contributed by atoms with E-state index in [-0.39, 0.29) is 17.7 Å². The van der Waals surface area contributed by atoms with Gasteiger partial charge >= 0.3 is 0 Å². The molecule has 2 rings (SSSR count). The van der Waals surface area contributed by atoms with Gasteiger partial charge in [0.05, 0.1) is 5.60 Å². The van der Waals surface area contributed by atoms with Crippen LogP contribution in [0.4, 0.5) is 0 Å². The first-order valence-electron chi connectivity index (χ1n) is 7.25. The highest BCUT2D eigenvalue weighted by Crippen LogP contribution is 2.49. The minimum Gasteiger partial charge on any atom is -0.388 e. The number of rotatable bonds is 6. The summed E-state index contributed by atoms with van der Waals surface area (Å²) in [7, 11) is 0. The van der Waals surface area contributed by atoms with Crippen molar-refractivity contribution in [2.75, 3.05) is 6.54 Å². The van der Waals surface area contributed by atoms with Gasteiger partial charge in [-0.2, -0.15) is 0 Å². The largest absolute Gasteiger partial charge is 0.388 e. The minimum atomic E-state index is -0.787. The number of aliphatic hydroxyl groups is 1. The van der Waals surface area contributed by atoms with Gasteiger partial charge < -0.3 is 10.4 Å². The summed E-state index contributed by atoms with van der Waals surface area (Å²) >= 11 is 6.15. The SMILES string of the molecule is CCC(O)(CC)CNC(=O)C1CC1c1ccccc1Cl. The zero-order valence-corrected chi connectivity index (χ0v) is 12.8. The van der Waals surface area contributed by atoms with Crippen LogP contribution in [0.3, 0.4) is 0 Å². The van der Waals surface area contributed by atoms with Crippen LogP contribution < -0.4 is 5.32 Å². The third-order valence-electron chi connectivity index (χ3n) is 4.34. The van der Waals surface area contributed by atoms with E-state index in [0.717, 1.165) is 17.0 Å². The Bertz CT molecular complexity index is 485. The maximum absolute atomic E-state index is 12.1. The number of benzene rings is 1. The summed E-state index contributed by atoms with van der Waals surface area (Å²) in [6.07, 6.45) is 2.12. The molecule has 0 radical (unpaired) electrons. The van der Waals surface area contributed by atoms with E-state index in [0.29, 0.717) is 19.4 Å². The van der Waals surface area contributed by atoms with Crippen LogP contribution in [-0.2, 0) is 4.79 Å². The molecule has 1 amide bonds. The number of halogens is 1. The van der Waals surface area contributed by atoms with Gasteiger partial charge in [-0.25, -0.2) is 0 Å². The Balaban J connectivity index is 1.89. The van der Waals surface area contributed by atoms with Gasteiger partial charge in [-0.05, 0) is 36.8 Å². The predicted molar refractivity (Wildman–Crippen MR) is 80.8 cm³/mol. The molecular weight excluding hydrogens is 274 g/mol. The lowest BCUT2D eigenvalue weighted by Gasteiger charge is -2.25. The van der Waals surface area contributed by atoms with Crippen molar-refractivity contribution in [3.63, 3.8) is 0 Å². The highest BCUT2D eigenvalue weighted by molar-refractivity contribution is 6.31. The van der Waals surface area contributed by atoms with Crippen molar-refractivity contribution >= 4 is 17.5 Å². The second-order valence-corrected chi connectivity index (χ2v) is 6.03. The van der Waals surface area contributed by atoms with Crippen molar-refractivity contribution in [1.82, 2.24) is 5.32 Å². The Kier molecular flexibility index (Phi) is 4.71. The topological polar surface area (TPSA) is 49.3 Å². The van der Waals surface area contributed by atoms with Crippen LogP contribution in [0.5, 0.6) is 0 Å². The molecule has 0 bridgehead atoms. The Morgan fingerprint density at radius 3 is 2.65 bits per heavy atom. The van der Waals surface area contributed by atoms with Crippen molar-refractivity contribution in [2.24, 2.45) is 5.92 Å². The molecule has 4 heteroatoms. The first-order chi connectivity index (χ1) is 9.50. The Morgan fingerprint density at radius 2 is 2.05 bits per heavy atom. The highest BCUT2D eigenvalue weighted by atomic mass is 35.5. The molecule has 2 unspecified atom stereocenters. The normalized spacial score (nSPS) is 21.6. The van der Waals surface area contributed by atoms with Crippen molar-refractivity contribution in [1.29, 1.82) is 0 Å². The standard InChI is InChI=1S/C16H22ClNO2/c1-3-16(20,4-2)10-18-15(19)13-9-12(13)11-7-5-6-8-14(11)17/h5-8,12-13,20H,3-4,9-10H2,1-2H3,(H,18,19). The molecule has 0 aliphatic heterocycles. The summed E-state index contributed by atoms with van der Waals surface area (Å²) in [5.41, 5.74) is 0.264. The van der Waals surface area contributed by atoms with E-state index in [1.54, 1.807) is 0 Å². The Morgan fingerprint density at radius 1 is 1.40 bits per heavy atom. The second kappa shape index (κ2) is 6.15. The molecule has 1 aromatic rings. The number of carbonyl (C=O) groups is 1. The number of hydrogen-bond donors (Lipinski definition) is 2. The lowest BCUT2D eigenvalue weighted by molar-refractivity contribution is -0.123. The fourth-order valence-corrected chi connectivity index (χ4v) is 2.76. The molecule has 0 heterocycles. The van der Waals surface area contributed by atoms with Gasteiger partial charge in [-0.15, -0.1) is 0 Å². The fraction of sp³-hybridized carbons (Fsp3) is 0.562. The lowest BCUT2D eigenvalue weighted by atomic mass is 9.97. The molecule has 0 spiro atoms. The van der Waals surface area contributed by atoms with Crippen molar-refractivity contribution in [3.05, 3.63) is 34.9 Å². The van der Waals surface area contributed by atoms with Crippen LogP contribution >= 0.6 is 11.6 Å². The first kappa shape index (κ1) is 15.3. The van der Waals surface area contributed by atoms with E-state index in [1.807, 2.05) is 38.1 Å². The highest BCUT2D eigenvalue weighted by Gasteiger charge is 2.45. The van der Waals surface area contributed by atoms with Gasteiger partial charge in [-0.1, -0.05) is 43.6 Å². The van der Waals surface area contributed by atoms with E-state index in [2.05, 4.69) is 5.32 Å². The Hall–Kier alpha value is -1.06. The molecule has 1 saturated carbocycles. The number of amides is 1. The average Bonchev–Trinajstić information content (AvgIpc) is 3.25. The monoisotopic (exact) mass is 295 g/mol. The van der Waals surface area contributed by atoms with Crippen molar-refractivity contribution in [2.45, 2.75) is 44.6 Å². The lowest BCUT2D eigenvalue weighted by Crippen LogP contribution is -2.42. The molecule has 1 aliphatic carbocycles. The third-order valence-corrected chi connectivity index (χ3v) is 4.68. The van der Waals surface area contributed by atoms with Crippen molar-refractivity contribution < 1.29 is 9.90 Å². The predicted octanol–water partition coefficient (Wildman–Crippen LogP) is 3.11.